The van der Waals surface area contributed by atoms with Gasteiger partial charge in [0.05, 0.1) is 10.9 Å². The highest BCUT2D eigenvalue weighted by molar-refractivity contribution is 5.79. The lowest BCUT2D eigenvalue weighted by molar-refractivity contribution is 0.584. The van der Waals surface area contributed by atoms with Crippen LogP contribution in [-0.2, 0) is 0 Å². The lowest BCUT2D eigenvalue weighted by Crippen LogP contribution is -2.09. The summed E-state index contributed by atoms with van der Waals surface area (Å²) in [5, 5.41) is 0.526. The predicted molar refractivity (Wildman–Crippen MR) is 93.2 cm³/mol. The molecule has 4 rings (SSSR count). The van der Waals surface area contributed by atoms with E-state index in [4.69, 9.17) is 0 Å². The molecule has 0 aliphatic heterocycles. The number of nitrogens with one attached hydrogen (secondary N) is 1. The van der Waals surface area contributed by atoms with Crippen LogP contribution in [0.4, 0.5) is 8.78 Å². The summed E-state index contributed by atoms with van der Waals surface area (Å²) in [5.74, 6) is -0.806. The van der Waals surface area contributed by atoms with Crippen LogP contribution in [0.15, 0.2) is 71.5 Å². The molecule has 25 heavy (non-hydrogen) atoms. The second-order valence-corrected chi connectivity index (χ2v) is 5.67. The standard InChI is InChI=1S/C20H12F2N2O/c21-15-9-14(10-16(22)11-15)12-5-7-13(8-6-12)19-23-18-4-2-1-3-17(18)20(25)24-19/h1-11H,(H,23,24,25). The van der Waals surface area contributed by atoms with Crippen LogP contribution in [0, 0.1) is 11.6 Å². The molecule has 0 radical (unpaired) electrons. The molecule has 4 aromatic rings. The first-order valence-corrected chi connectivity index (χ1v) is 7.66. The fourth-order valence-electron chi connectivity index (χ4n) is 2.76. The Morgan fingerprint density at radius 2 is 1.40 bits per heavy atom. The maximum absolute atomic E-state index is 13.4. The van der Waals surface area contributed by atoms with Gasteiger partial charge in [-0.2, -0.15) is 0 Å². The number of halogens is 2. The zero-order valence-corrected chi connectivity index (χ0v) is 13.0. The van der Waals surface area contributed by atoms with Gasteiger partial charge >= 0.3 is 0 Å². The Labute approximate surface area is 141 Å². The van der Waals surface area contributed by atoms with Gasteiger partial charge in [-0.05, 0) is 35.4 Å². The summed E-state index contributed by atoms with van der Waals surface area (Å²) in [6, 6.07) is 17.5. The zero-order chi connectivity index (χ0) is 17.4. The van der Waals surface area contributed by atoms with E-state index in [1.165, 1.54) is 12.1 Å². The molecule has 122 valence electrons. The molecule has 3 aromatic carbocycles. The third-order valence-corrected chi connectivity index (χ3v) is 3.97. The van der Waals surface area contributed by atoms with E-state index in [1.807, 2.05) is 6.07 Å². The van der Waals surface area contributed by atoms with Gasteiger partial charge in [0.1, 0.15) is 17.5 Å². The van der Waals surface area contributed by atoms with Gasteiger partial charge in [-0.15, -0.1) is 0 Å². The Balaban J connectivity index is 1.76. The molecular formula is C20H12F2N2O. The van der Waals surface area contributed by atoms with Crippen LogP contribution in [0.3, 0.4) is 0 Å². The molecule has 0 atom stereocenters. The SMILES string of the molecule is O=c1[nH]c(-c2ccc(-c3cc(F)cc(F)c3)cc2)nc2ccccc12. The summed E-state index contributed by atoms with van der Waals surface area (Å²) >= 11 is 0. The summed E-state index contributed by atoms with van der Waals surface area (Å²) in [6.45, 7) is 0. The molecule has 3 nitrogen and oxygen atoms in total. The first-order valence-electron chi connectivity index (χ1n) is 7.66. The van der Waals surface area contributed by atoms with Gasteiger partial charge in [-0.1, -0.05) is 36.4 Å². The number of benzene rings is 3. The monoisotopic (exact) mass is 334 g/mol. The number of H-pyrrole nitrogens is 1. The Hall–Kier alpha value is -3.34. The molecule has 0 bridgehead atoms. The molecule has 0 saturated heterocycles. The molecule has 1 heterocycles. The maximum Gasteiger partial charge on any atom is 0.259 e. The van der Waals surface area contributed by atoms with E-state index in [9.17, 15) is 13.6 Å². The first kappa shape index (κ1) is 15.2. The van der Waals surface area contributed by atoms with Crippen molar-refractivity contribution in [2.75, 3.05) is 0 Å². The van der Waals surface area contributed by atoms with Crippen molar-refractivity contribution < 1.29 is 8.78 Å². The highest BCUT2D eigenvalue weighted by atomic mass is 19.1. The third-order valence-electron chi connectivity index (χ3n) is 3.97. The molecule has 0 unspecified atom stereocenters. The predicted octanol–water partition coefficient (Wildman–Crippen LogP) is 4.54. The first-order chi connectivity index (χ1) is 12.1. The molecule has 0 fully saturated rings. The molecule has 5 heteroatoms. The smallest absolute Gasteiger partial charge is 0.259 e. The third kappa shape index (κ3) is 2.92. The van der Waals surface area contributed by atoms with Crippen LogP contribution >= 0.6 is 0 Å². The van der Waals surface area contributed by atoms with E-state index in [2.05, 4.69) is 9.97 Å². The van der Waals surface area contributed by atoms with Gasteiger partial charge in [-0.3, -0.25) is 4.79 Å². The zero-order valence-electron chi connectivity index (χ0n) is 13.0. The highest BCUT2D eigenvalue weighted by Gasteiger charge is 2.07. The summed E-state index contributed by atoms with van der Waals surface area (Å²) in [5.41, 5.74) is 2.23. The normalized spacial score (nSPS) is 11.0. The summed E-state index contributed by atoms with van der Waals surface area (Å²) in [6.07, 6.45) is 0. The lowest BCUT2D eigenvalue weighted by Gasteiger charge is -2.06. The molecule has 1 aromatic heterocycles. The number of fused-ring (bicyclic) bond motifs is 1. The minimum Gasteiger partial charge on any atom is -0.306 e. The van der Waals surface area contributed by atoms with E-state index in [0.717, 1.165) is 6.07 Å². The summed E-state index contributed by atoms with van der Waals surface area (Å²) < 4.78 is 26.7. The van der Waals surface area contributed by atoms with Crippen molar-refractivity contribution in [3.63, 3.8) is 0 Å². The minimum absolute atomic E-state index is 0.211. The summed E-state index contributed by atoms with van der Waals surface area (Å²) in [7, 11) is 0. The molecular weight excluding hydrogens is 322 g/mol. The summed E-state index contributed by atoms with van der Waals surface area (Å²) in [4.78, 5) is 19.4. The van der Waals surface area contributed by atoms with Crippen LogP contribution in [-0.4, -0.2) is 9.97 Å². The van der Waals surface area contributed by atoms with E-state index < -0.39 is 11.6 Å². The highest BCUT2D eigenvalue weighted by Crippen LogP contribution is 2.24. The molecule has 0 aliphatic rings. The van der Waals surface area contributed by atoms with Gasteiger partial charge in [0.15, 0.2) is 0 Å². The molecule has 0 amide bonds. The second-order valence-electron chi connectivity index (χ2n) is 5.67. The average Bonchev–Trinajstić information content (AvgIpc) is 2.61. The number of nitrogens with zero attached hydrogens (tertiary/aromatic N) is 1. The number of aromatic amines is 1. The number of aromatic nitrogens is 2. The van der Waals surface area contributed by atoms with E-state index in [-0.39, 0.29) is 5.56 Å². The van der Waals surface area contributed by atoms with Crippen molar-refractivity contribution in [1.82, 2.24) is 9.97 Å². The minimum atomic E-state index is -0.625. The van der Waals surface area contributed by atoms with Crippen LogP contribution in [0.1, 0.15) is 0 Å². The molecule has 1 N–H and O–H groups in total. The fourth-order valence-corrected chi connectivity index (χ4v) is 2.76. The molecule has 0 aliphatic carbocycles. The van der Waals surface area contributed by atoms with E-state index in [1.54, 1.807) is 42.5 Å². The van der Waals surface area contributed by atoms with Gasteiger partial charge in [-0.25, -0.2) is 13.8 Å². The van der Waals surface area contributed by atoms with Crippen molar-refractivity contribution in [2.45, 2.75) is 0 Å². The number of para-hydroxylation sites is 1. The van der Waals surface area contributed by atoms with Gasteiger partial charge in [0, 0.05) is 11.6 Å². The van der Waals surface area contributed by atoms with Gasteiger partial charge in [0.2, 0.25) is 0 Å². The lowest BCUT2D eigenvalue weighted by atomic mass is 10.0. The topological polar surface area (TPSA) is 45.8 Å². The number of hydrogen-bond acceptors (Lipinski definition) is 2. The largest absolute Gasteiger partial charge is 0.306 e. The average molecular weight is 334 g/mol. The number of hydrogen-bond donors (Lipinski definition) is 1. The van der Waals surface area contributed by atoms with Gasteiger partial charge < -0.3 is 4.98 Å². The van der Waals surface area contributed by atoms with Crippen molar-refractivity contribution in [2.24, 2.45) is 0 Å². The second kappa shape index (κ2) is 5.94. The van der Waals surface area contributed by atoms with Crippen molar-refractivity contribution in [1.29, 1.82) is 0 Å². The van der Waals surface area contributed by atoms with Crippen molar-refractivity contribution in [3.05, 3.63) is 88.7 Å². The van der Waals surface area contributed by atoms with Crippen LogP contribution in [0.25, 0.3) is 33.4 Å². The Kier molecular flexibility index (Phi) is 3.61. The number of rotatable bonds is 2. The van der Waals surface area contributed by atoms with Crippen LogP contribution in [0.5, 0.6) is 0 Å². The Morgan fingerprint density at radius 3 is 2.12 bits per heavy atom. The quantitative estimate of drug-likeness (QED) is 0.585. The molecule has 0 spiro atoms. The Bertz CT molecular complexity index is 1110. The fraction of sp³-hybridized carbons (Fsp3) is 0. The maximum atomic E-state index is 13.4. The van der Waals surface area contributed by atoms with Gasteiger partial charge in [0.25, 0.3) is 5.56 Å². The van der Waals surface area contributed by atoms with Crippen molar-refractivity contribution in [3.8, 4) is 22.5 Å². The van der Waals surface area contributed by atoms with E-state index in [0.29, 0.717) is 33.4 Å². The van der Waals surface area contributed by atoms with Crippen LogP contribution in [0.2, 0.25) is 0 Å². The van der Waals surface area contributed by atoms with E-state index >= 15 is 0 Å². The molecule has 0 saturated carbocycles. The Morgan fingerprint density at radius 1 is 0.760 bits per heavy atom. The van der Waals surface area contributed by atoms with Crippen molar-refractivity contribution >= 4 is 10.9 Å². The van der Waals surface area contributed by atoms with Crippen LogP contribution < -0.4 is 5.56 Å².